The average molecular weight is 434 g/mol. The van der Waals surface area contributed by atoms with Crippen molar-refractivity contribution in [2.24, 2.45) is 5.10 Å². The molecule has 164 valence electrons. The molecular weight excluding hydrogens is 412 g/mol. The molecule has 0 aliphatic carbocycles. The van der Waals surface area contributed by atoms with Crippen molar-refractivity contribution in [3.63, 3.8) is 0 Å². The van der Waals surface area contributed by atoms with Gasteiger partial charge in [0.1, 0.15) is 11.5 Å². The third kappa shape index (κ3) is 5.63. The van der Waals surface area contributed by atoms with Gasteiger partial charge < -0.3 is 19.3 Å². The molecule has 0 spiro atoms. The van der Waals surface area contributed by atoms with Crippen LogP contribution in [0.1, 0.15) is 33.2 Å². The van der Waals surface area contributed by atoms with Gasteiger partial charge in [-0.2, -0.15) is 5.10 Å². The van der Waals surface area contributed by atoms with Gasteiger partial charge in [0.25, 0.3) is 5.91 Å². The van der Waals surface area contributed by atoms with Crippen molar-refractivity contribution >= 4 is 18.1 Å². The summed E-state index contributed by atoms with van der Waals surface area (Å²) in [6.07, 6.45) is 1.41. The second kappa shape index (κ2) is 10.6. The normalized spacial score (nSPS) is 10.6. The van der Waals surface area contributed by atoms with E-state index >= 15 is 0 Å². The van der Waals surface area contributed by atoms with Gasteiger partial charge in [0.15, 0.2) is 11.5 Å². The van der Waals surface area contributed by atoms with Crippen LogP contribution < -0.4 is 19.6 Å². The number of esters is 1. The minimum atomic E-state index is -0.554. The molecule has 0 fully saturated rings. The summed E-state index contributed by atoms with van der Waals surface area (Å²) in [5, 5.41) is 13.6. The first-order valence-electron chi connectivity index (χ1n) is 9.76. The second-order valence-electron chi connectivity index (χ2n) is 6.48. The molecule has 3 rings (SSSR count). The highest BCUT2D eigenvalue weighted by Gasteiger charge is 2.14. The highest BCUT2D eigenvalue weighted by molar-refractivity contribution is 5.97. The molecule has 2 N–H and O–H groups in total. The molecule has 32 heavy (non-hydrogen) atoms. The second-order valence-corrected chi connectivity index (χ2v) is 6.48. The van der Waals surface area contributed by atoms with Crippen molar-refractivity contribution in [2.45, 2.75) is 6.92 Å². The number of hydrogen-bond acceptors (Lipinski definition) is 7. The van der Waals surface area contributed by atoms with Gasteiger partial charge in [-0.05, 0) is 61.0 Å². The van der Waals surface area contributed by atoms with Crippen LogP contribution in [0.2, 0.25) is 0 Å². The highest BCUT2D eigenvalue weighted by atomic mass is 16.6. The average Bonchev–Trinajstić information content (AvgIpc) is 2.81. The monoisotopic (exact) mass is 434 g/mol. The van der Waals surface area contributed by atoms with Gasteiger partial charge in [-0.3, -0.25) is 4.79 Å². The van der Waals surface area contributed by atoms with E-state index in [0.717, 1.165) is 0 Å². The fourth-order valence-electron chi connectivity index (χ4n) is 2.76. The van der Waals surface area contributed by atoms with Crippen LogP contribution in [0.25, 0.3) is 0 Å². The van der Waals surface area contributed by atoms with E-state index in [1.807, 2.05) is 0 Å². The molecule has 0 saturated carbocycles. The number of carbonyl (C=O) groups is 2. The maximum atomic E-state index is 12.5. The fourth-order valence-corrected chi connectivity index (χ4v) is 2.76. The topological polar surface area (TPSA) is 106 Å². The van der Waals surface area contributed by atoms with Crippen LogP contribution in [0.15, 0.2) is 71.8 Å². The minimum Gasteiger partial charge on any atom is -0.507 e. The molecule has 3 aromatic rings. The van der Waals surface area contributed by atoms with Gasteiger partial charge in [-0.1, -0.05) is 18.2 Å². The smallest absolute Gasteiger partial charge is 0.343 e. The predicted octanol–water partition coefficient (Wildman–Crippen LogP) is 3.78. The number of nitrogens with one attached hydrogen (secondary N) is 1. The third-order valence-electron chi connectivity index (χ3n) is 4.30. The van der Waals surface area contributed by atoms with Gasteiger partial charge in [0, 0.05) is 0 Å². The first-order valence-corrected chi connectivity index (χ1v) is 9.76. The minimum absolute atomic E-state index is 0.111. The van der Waals surface area contributed by atoms with Crippen LogP contribution >= 0.6 is 0 Å². The SMILES string of the molecule is CCOc1cc(C=NNC(=O)c2ccccc2O)ccc1OC(=O)c1cccc(OC)c1. The molecular formula is C24H22N2O6. The Morgan fingerprint density at radius 3 is 2.59 bits per heavy atom. The van der Waals surface area contributed by atoms with Crippen LogP contribution in [0, 0.1) is 0 Å². The Morgan fingerprint density at radius 1 is 1.03 bits per heavy atom. The number of aromatic hydroxyl groups is 1. The molecule has 0 aliphatic rings. The number of nitrogens with zero attached hydrogens (tertiary/aromatic N) is 1. The number of carbonyl (C=O) groups excluding carboxylic acids is 2. The van der Waals surface area contributed by atoms with E-state index in [2.05, 4.69) is 10.5 Å². The number of phenols is 1. The molecule has 0 radical (unpaired) electrons. The van der Waals surface area contributed by atoms with Gasteiger partial charge in [0.2, 0.25) is 0 Å². The summed E-state index contributed by atoms with van der Waals surface area (Å²) in [7, 11) is 1.52. The Morgan fingerprint density at radius 2 is 1.84 bits per heavy atom. The van der Waals surface area contributed by atoms with Crippen molar-refractivity contribution in [1.29, 1.82) is 0 Å². The fraction of sp³-hybridized carbons (Fsp3) is 0.125. The molecule has 0 heterocycles. The van der Waals surface area contributed by atoms with E-state index < -0.39 is 11.9 Å². The Kier molecular flexibility index (Phi) is 7.42. The zero-order valence-corrected chi connectivity index (χ0v) is 17.6. The Balaban J connectivity index is 1.72. The lowest BCUT2D eigenvalue weighted by Gasteiger charge is -2.11. The number of para-hydroxylation sites is 1. The lowest BCUT2D eigenvalue weighted by Crippen LogP contribution is -2.17. The summed E-state index contributed by atoms with van der Waals surface area (Å²) in [5.74, 6) is -0.104. The van der Waals surface area contributed by atoms with E-state index in [4.69, 9.17) is 14.2 Å². The van der Waals surface area contributed by atoms with E-state index in [9.17, 15) is 14.7 Å². The Labute approximate surface area is 185 Å². The molecule has 0 bridgehead atoms. The molecule has 1 amide bonds. The summed E-state index contributed by atoms with van der Waals surface area (Å²) < 4.78 is 16.2. The number of amides is 1. The standard InChI is InChI=1S/C24H22N2O6/c1-3-31-22-13-16(15-25-26-23(28)19-9-4-5-10-20(19)27)11-12-21(22)32-24(29)17-7-6-8-18(14-17)30-2/h4-15,27H,3H2,1-2H3,(H,26,28). The predicted molar refractivity (Wildman–Crippen MR) is 119 cm³/mol. The lowest BCUT2D eigenvalue weighted by molar-refractivity contribution is 0.0727. The molecule has 8 heteroatoms. The first kappa shape index (κ1) is 22.4. The zero-order chi connectivity index (χ0) is 22.9. The quantitative estimate of drug-likeness (QED) is 0.242. The van der Waals surface area contributed by atoms with Gasteiger partial charge in [-0.15, -0.1) is 0 Å². The summed E-state index contributed by atoms with van der Waals surface area (Å²) in [5.41, 5.74) is 3.40. The Bertz CT molecular complexity index is 1140. The molecule has 0 unspecified atom stereocenters. The van der Waals surface area contributed by atoms with Crippen molar-refractivity contribution < 1.29 is 28.9 Å². The summed E-state index contributed by atoms with van der Waals surface area (Å²) >= 11 is 0. The third-order valence-corrected chi connectivity index (χ3v) is 4.30. The van der Waals surface area contributed by atoms with Gasteiger partial charge >= 0.3 is 5.97 Å². The Hall–Kier alpha value is -4.33. The van der Waals surface area contributed by atoms with Crippen molar-refractivity contribution in [3.8, 4) is 23.0 Å². The van der Waals surface area contributed by atoms with E-state index in [-0.39, 0.29) is 17.1 Å². The van der Waals surface area contributed by atoms with Gasteiger partial charge in [-0.25, -0.2) is 10.2 Å². The van der Waals surface area contributed by atoms with Crippen molar-refractivity contribution in [1.82, 2.24) is 5.43 Å². The molecule has 0 aliphatic heterocycles. The van der Waals surface area contributed by atoms with Crippen molar-refractivity contribution in [3.05, 3.63) is 83.4 Å². The van der Waals surface area contributed by atoms with Crippen molar-refractivity contribution in [2.75, 3.05) is 13.7 Å². The summed E-state index contributed by atoms with van der Waals surface area (Å²) in [6, 6.07) is 17.7. The number of methoxy groups -OCH3 is 1. The van der Waals surface area contributed by atoms with E-state index in [0.29, 0.717) is 29.2 Å². The maximum Gasteiger partial charge on any atom is 0.343 e. The maximum absolute atomic E-state index is 12.5. The largest absolute Gasteiger partial charge is 0.507 e. The molecule has 0 saturated heterocycles. The highest BCUT2D eigenvalue weighted by Crippen LogP contribution is 2.29. The summed E-state index contributed by atoms with van der Waals surface area (Å²) in [6.45, 7) is 2.16. The number of hydrogen-bond donors (Lipinski definition) is 2. The van der Waals surface area contributed by atoms with E-state index in [1.165, 1.54) is 25.5 Å². The lowest BCUT2D eigenvalue weighted by atomic mass is 10.2. The number of hydrazone groups is 1. The molecule has 8 nitrogen and oxygen atoms in total. The number of benzene rings is 3. The van der Waals surface area contributed by atoms with Crippen LogP contribution in [0.4, 0.5) is 0 Å². The number of phenolic OH excluding ortho intramolecular Hbond substituents is 1. The molecule has 0 atom stereocenters. The first-order chi connectivity index (χ1) is 15.5. The number of rotatable bonds is 8. The summed E-state index contributed by atoms with van der Waals surface area (Å²) in [4.78, 5) is 24.6. The molecule has 0 aromatic heterocycles. The van der Waals surface area contributed by atoms with Crippen LogP contribution in [-0.2, 0) is 0 Å². The zero-order valence-electron chi connectivity index (χ0n) is 17.6. The molecule has 3 aromatic carbocycles. The van der Waals surface area contributed by atoms with E-state index in [1.54, 1.807) is 61.5 Å². The van der Waals surface area contributed by atoms with Crippen LogP contribution in [0.3, 0.4) is 0 Å². The van der Waals surface area contributed by atoms with Gasteiger partial charge in [0.05, 0.1) is 31.1 Å². The van der Waals surface area contributed by atoms with Crippen LogP contribution in [0.5, 0.6) is 23.0 Å². The number of ether oxygens (including phenoxy) is 3. The van der Waals surface area contributed by atoms with Crippen LogP contribution in [-0.4, -0.2) is 36.9 Å².